The molecule has 0 amide bonds. The maximum absolute atomic E-state index is 11.5. The minimum absolute atomic E-state index is 0.172. The molecule has 0 bridgehead atoms. The lowest BCUT2D eigenvalue weighted by atomic mass is 9.93. The highest BCUT2D eigenvalue weighted by Gasteiger charge is 2.40. The first-order chi connectivity index (χ1) is 46.9. The molecule has 1 saturated carbocycles. The Bertz CT molecular complexity index is 2730. The van der Waals surface area contributed by atoms with Crippen LogP contribution in [0.3, 0.4) is 0 Å². The Morgan fingerprint density at radius 1 is 0.350 bits per heavy atom. The predicted molar refractivity (Wildman–Crippen MR) is 395 cm³/mol. The molecule has 1 fully saturated rings. The third-order valence-electron chi connectivity index (χ3n) is 12.1. The van der Waals surface area contributed by atoms with Gasteiger partial charge in [0.25, 0.3) is 0 Å². The van der Waals surface area contributed by atoms with Crippen LogP contribution in [-0.2, 0) is 109 Å². The van der Waals surface area contributed by atoms with Crippen molar-refractivity contribution in [3.63, 3.8) is 0 Å². The maximum Gasteiger partial charge on any atom is 0.540 e. The summed E-state index contributed by atoms with van der Waals surface area (Å²) < 4.78 is 4.24. The summed E-state index contributed by atoms with van der Waals surface area (Å²) in [7, 11) is 2.74. The van der Waals surface area contributed by atoms with Crippen molar-refractivity contribution in [1.82, 2.24) is 0 Å². The molecule has 0 unspecified atom stereocenters. The third kappa shape index (κ3) is 55.2. The van der Waals surface area contributed by atoms with Gasteiger partial charge in [-0.25, -0.2) is 77.8 Å². The van der Waals surface area contributed by atoms with Gasteiger partial charge in [-0.05, 0) is 249 Å². The van der Waals surface area contributed by atoms with E-state index in [1.807, 2.05) is 241 Å². The third-order valence-corrected chi connectivity index (χ3v) is 12.1. The van der Waals surface area contributed by atoms with Crippen LogP contribution in [0.5, 0.6) is 0 Å². The van der Waals surface area contributed by atoms with Crippen molar-refractivity contribution in [1.29, 1.82) is 0 Å². The van der Waals surface area contributed by atoms with Crippen molar-refractivity contribution in [3.8, 4) is 0 Å². The summed E-state index contributed by atoms with van der Waals surface area (Å²) in [6.07, 6.45) is 6.58. The summed E-state index contributed by atoms with van der Waals surface area (Å²) in [5.41, 5.74) is -1.48. The van der Waals surface area contributed by atoms with Crippen molar-refractivity contribution < 1.29 is 112 Å². The zero-order valence-corrected chi connectivity index (χ0v) is 68.6. The van der Waals surface area contributed by atoms with Crippen LogP contribution in [0.1, 0.15) is 291 Å². The van der Waals surface area contributed by atoms with Gasteiger partial charge in [-0.15, -0.1) is 0 Å². The topological polar surface area (TPSA) is 244 Å². The van der Waals surface area contributed by atoms with E-state index in [0.717, 1.165) is 49.7 Å². The summed E-state index contributed by atoms with van der Waals surface area (Å²) in [5, 5.41) is 0. The number of benzene rings is 4. The van der Waals surface area contributed by atoms with Crippen LogP contribution < -0.4 is 0 Å². The average molecular weight is 1460 g/mol. The normalized spacial score (nSPS) is 13.6. The van der Waals surface area contributed by atoms with Gasteiger partial charge in [0, 0.05) is 26.2 Å². The van der Waals surface area contributed by atoms with Gasteiger partial charge in [-0.2, -0.15) is 19.6 Å². The summed E-state index contributed by atoms with van der Waals surface area (Å²) in [6, 6.07) is 36.7. The minimum Gasteiger partial charge on any atom is -0.436 e. The van der Waals surface area contributed by atoms with E-state index in [9.17, 15) is 19.2 Å². The number of carbonyl (C=O) groups excluding carboxylic acids is 4. The van der Waals surface area contributed by atoms with Gasteiger partial charge in [0.15, 0.2) is 0 Å². The standard InChI is InChI=1S/C18H22O2.C15H32O4.C14H10O4.C14H28O4.C8H16O4.C6H12O3.C5H12O2/c1-17(2,15-11-7-5-8-12-15)19-20-18(3,4)16-13-9-6-10-14-16;1-12(2,3)16-18-14(7,8)11-15(9,10)19-17-13(4,5)6;15-13(11-7-3-1-4-8-11)17-18-14(16)12-9-5-2-6-10-12;1-12(2,3)15-17-14(10-8-7-9-11-14)18-16-13(4,5)6;1-5-6-8(2,3)12-11-7(9)10-4;1-5(7)8-9-6(2,3)4;1-5(2,3)7-6-4/h5-14H,1-4H3;11H2,1-10H3;1-10H;7-11H2,1-6H3;5-6H2,1-4H3;1-4H3;1-4H3. The minimum atomic E-state index is -0.820. The van der Waals surface area contributed by atoms with Crippen molar-refractivity contribution in [2.45, 2.75) is 326 Å². The van der Waals surface area contributed by atoms with E-state index >= 15 is 0 Å². The van der Waals surface area contributed by atoms with E-state index in [1.165, 1.54) is 27.6 Å². The number of hydrogen-bond acceptors (Lipinski definition) is 23. The largest absolute Gasteiger partial charge is 0.540 e. The highest BCUT2D eigenvalue weighted by atomic mass is 17.3. The summed E-state index contributed by atoms with van der Waals surface area (Å²) in [5.74, 6) is -2.59. The molecule has 103 heavy (non-hydrogen) atoms. The second-order valence-corrected chi connectivity index (χ2v) is 32.9. The lowest BCUT2D eigenvalue weighted by Crippen LogP contribution is -2.42. The summed E-state index contributed by atoms with van der Waals surface area (Å²) in [6.45, 7) is 57.5. The molecular weight excluding hydrogens is 1330 g/mol. The van der Waals surface area contributed by atoms with Crippen LogP contribution in [0.2, 0.25) is 0 Å². The van der Waals surface area contributed by atoms with Crippen LogP contribution in [-0.4, -0.2) is 94.5 Å². The molecule has 5 rings (SSSR count). The maximum atomic E-state index is 11.5. The molecule has 4 aromatic carbocycles. The summed E-state index contributed by atoms with van der Waals surface area (Å²) >= 11 is 0. The fourth-order valence-electron chi connectivity index (χ4n) is 7.79. The Hall–Kier alpha value is -6.00. The monoisotopic (exact) mass is 1460 g/mol. The fourth-order valence-corrected chi connectivity index (χ4v) is 7.79. The van der Waals surface area contributed by atoms with Gasteiger partial charge in [0.2, 0.25) is 5.79 Å². The van der Waals surface area contributed by atoms with Gasteiger partial charge in [-0.1, -0.05) is 117 Å². The smallest absolute Gasteiger partial charge is 0.436 e. The highest BCUT2D eigenvalue weighted by Crippen LogP contribution is 2.36. The molecule has 23 heteroatoms. The molecule has 0 spiro atoms. The molecule has 0 saturated heterocycles. The Balaban J connectivity index is 0. The highest BCUT2D eigenvalue weighted by molar-refractivity contribution is 5.92. The van der Waals surface area contributed by atoms with Gasteiger partial charge < -0.3 is 4.74 Å². The lowest BCUT2D eigenvalue weighted by molar-refractivity contribution is -0.545. The van der Waals surface area contributed by atoms with Gasteiger partial charge in [0.05, 0.1) is 53.4 Å². The Morgan fingerprint density at radius 3 is 0.932 bits per heavy atom. The molecule has 590 valence electrons. The van der Waals surface area contributed by atoms with E-state index in [0.29, 0.717) is 17.5 Å². The van der Waals surface area contributed by atoms with E-state index in [2.05, 4.69) is 34.1 Å². The van der Waals surface area contributed by atoms with Crippen LogP contribution in [0.4, 0.5) is 4.79 Å². The second kappa shape index (κ2) is 46.2. The number of rotatable bonds is 23. The molecule has 4 aromatic rings. The molecule has 0 aromatic heterocycles. The lowest BCUT2D eigenvalue weighted by Gasteiger charge is -2.37. The predicted octanol–water partition coefficient (Wildman–Crippen LogP) is 20.9. The number of ether oxygens (including phenoxy) is 1. The van der Waals surface area contributed by atoms with E-state index in [1.54, 1.807) is 81.4 Å². The first-order valence-corrected chi connectivity index (χ1v) is 34.9. The van der Waals surface area contributed by atoms with Crippen LogP contribution in [0.25, 0.3) is 0 Å². The SMILES string of the molecule is CC(=O)OOC(C)(C)C.CC(C)(C)OOC(C)(C)CC(C)(C)OOC(C)(C)C.CC(C)(C)OOC1(OOC(C)(C)C)CCCCC1.CC(C)(OOC(C)(C)c1ccccc1)c1ccccc1.CCCC(C)(C)OOC(=O)OC.COOC(C)(C)C.O=C(OOC(=O)c1ccccc1)c1ccccc1. The molecule has 0 heterocycles. The van der Waals surface area contributed by atoms with Crippen molar-refractivity contribution in [2.24, 2.45) is 0 Å². The number of methoxy groups -OCH3 is 1. The van der Waals surface area contributed by atoms with Gasteiger partial charge in [-0.3, -0.25) is 9.78 Å². The van der Waals surface area contributed by atoms with Crippen molar-refractivity contribution >= 4 is 24.1 Å². The van der Waals surface area contributed by atoms with E-state index in [-0.39, 0.29) is 28.0 Å². The molecule has 23 nitrogen and oxygen atoms in total. The van der Waals surface area contributed by atoms with Crippen LogP contribution in [0.15, 0.2) is 121 Å². The zero-order valence-electron chi connectivity index (χ0n) is 68.6. The Morgan fingerprint density at radius 2 is 0.670 bits per heavy atom. The van der Waals surface area contributed by atoms with Crippen molar-refractivity contribution in [3.05, 3.63) is 144 Å². The first-order valence-electron chi connectivity index (χ1n) is 34.9. The molecule has 0 atom stereocenters. The summed E-state index contributed by atoms with van der Waals surface area (Å²) in [4.78, 5) is 135. The van der Waals surface area contributed by atoms with Crippen LogP contribution in [0, 0.1) is 0 Å². The second-order valence-electron chi connectivity index (χ2n) is 32.9. The Kier molecular flexibility index (Phi) is 44.4. The molecule has 0 aliphatic heterocycles. The molecule has 0 radical (unpaired) electrons. The van der Waals surface area contributed by atoms with E-state index in [4.69, 9.17) is 58.7 Å². The van der Waals surface area contributed by atoms with E-state index < -0.39 is 63.5 Å². The molecular formula is C80H132O23. The molecule has 1 aliphatic carbocycles. The fraction of sp³-hybridized carbons (Fsp3) is 0.650. The molecule has 1 aliphatic rings. The molecule has 0 N–H and O–H groups in total. The zero-order chi connectivity index (χ0) is 79.9. The average Bonchev–Trinajstić information content (AvgIpc) is 0.854. The number of carbonyl (C=O) groups is 4. The van der Waals surface area contributed by atoms with Crippen LogP contribution >= 0.6 is 0 Å². The quantitative estimate of drug-likeness (QED) is 0.0290. The van der Waals surface area contributed by atoms with Gasteiger partial charge in [0.1, 0.15) is 33.6 Å². The Labute approximate surface area is 617 Å². The number of hydrogen-bond donors (Lipinski definition) is 0. The van der Waals surface area contributed by atoms with Crippen molar-refractivity contribution in [2.75, 3.05) is 14.2 Å². The first kappa shape index (κ1) is 99.1. The van der Waals surface area contributed by atoms with Gasteiger partial charge >= 0.3 is 24.1 Å².